The van der Waals surface area contributed by atoms with Gasteiger partial charge in [-0.05, 0) is 30.3 Å². The normalized spacial score (nSPS) is 17.7. The summed E-state index contributed by atoms with van der Waals surface area (Å²) in [5, 5.41) is 11.0. The van der Waals surface area contributed by atoms with Crippen LogP contribution in [0, 0.1) is 5.82 Å². The van der Waals surface area contributed by atoms with Crippen LogP contribution in [0.2, 0.25) is 0 Å². The number of carbonyl (C=O) groups is 2. The number of nitrogens with zero attached hydrogens (tertiary/aromatic N) is 2. The predicted molar refractivity (Wildman–Crippen MR) is 111 cm³/mol. The van der Waals surface area contributed by atoms with Crippen molar-refractivity contribution in [2.75, 3.05) is 7.11 Å². The van der Waals surface area contributed by atoms with Crippen molar-refractivity contribution >= 4 is 17.4 Å². The fourth-order valence-corrected chi connectivity index (χ4v) is 3.66. The number of ether oxygens (including phenoxy) is 1. The van der Waals surface area contributed by atoms with E-state index in [4.69, 9.17) is 4.74 Å². The predicted octanol–water partition coefficient (Wildman–Crippen LogP) is 3.85. The molecule has 0 spiro atoms. The standard InChI is InChI=1S/C24H19FN2O4/c1-31-17-9-6-7-15(13-17)22(28)20-21(18-10-2-3-11-19(18)25)27(24(30)23(20)29)14-16-8-4-5-12-26-16/h2-13,21,28H,14H2,1H3/b22-20-. The number of hydrogen-bond donors (Lipinski definition) is 1. The second-order valence-electron chi connectivity index (χ2n) is 7.00. The molecule has 0 aliphatic carbocycles. The summed E-state index contributed by atoms with van der Waals surface area (Å²) in [4.78, 5) is 31.4. The first-order valence-corrected chi connectivity index (χ1v) is 9.58. The van der Waals surface area contributed by atoms with E-state index in [2.05, 4.69) is 4.98 Å². The van der Waals surface area contributed by atoms with Crippen molar-refractivity contribution < 1.29 is 23.8 Å². The second kappa shape index (κ2) is 8.39. The van der Waals surface area contributed by atoms with Crippen LogP contribution in [0.1, 0.15) is 22.9 Å². The molecule has 1 amide bonds. The molecular weight excluding hydrogens is 399 g/mol. The van der Waals surface area contributed by atoms with Crippen molar-refractivity contribution in [3.63, 3.8) is 0 Å². The molecule has 156 valence electrons. The molecule has 1 N–H and O–H groups in total. The van der Waals surface area contributed by atoms with Gasteiger partial charge < -0.3 is 14.7 Å². The summed E-state index contributed by atoms with van der Waals surface area (Å²) in [5.74, 6) is -2.23. The van der Waals surface area contributed by atoms with E-state index in [9.17, 15) is 19.1 Å². The number of aromatic nitrogens is 1. The van der Waals surface area contributed by atoms with E-state index in [1.807, 2.05) is 0 Å². The monoisotopic (exact) mass is 418 g/mol. The van der Waals surface area contributed by atoms with Crippen LogP contribution in [-0.4, -0.2) is 33.8 Å². The van der Waals surface area contributed by atoms with Crippen molar-refractivity contribution in [3.8, 4) is 5.75 Å². The van der Waals surface area contributed by atoms with Crippen LogP contribution in [0.25, 0.3) is 5.76 Å². The van der Waals surface area contributed by atoms with Gasteiger partial charge in [-0.1, -0.05) is 36.4 Å². The van der Waals surface area contributed by atoms with Gasteiger partial charge in [-0.3, -0.25) is 14.6 Å². The molecule has 2 heterocycles. The van der Waals surface area contributed by atoms with Gasteiger partial charge in [0, 0.05) is 17.3 Å². The first kappa shape index (κ1) is 20.3. The maximum absolute atomic E-state index is 14.8. The molecule has 1 aliphatic rings. The lowest BCUT2D eigenvalue weighted by Gasteiger charge is -2.25. The Bertz CT molecular complexity index is 1180. The Kier molecular flexibility index (Phi) is 5.49. The molecular formula is C24H19FN2O4. The smallest absolute Gasteiger partial charge is 0.296 e. The Morgan fingerprint density at radius 2 is 1.87 bits per heavy atom. The highest BCUT2D eigenvalue weighted by molar-refractivity contribution is 6.46. The van der Waals surface area contributed by atoms with E-state index in [0.717, 1.165) is 0 Å². The first-order chi connectivity index (χ1) is 15.0. The van der Waals surface area contributed by atoms with Gasteiger partial charge in [-0.25, -0.2) is 4.39 Å². The Labute approximate surface area is 178 Å². The third-order valence-corrected chi connectivity index (χ3v) is 5.14. The van der Waals surface area contributed by atoms with Gasteiger partial charge in [0.2, 0.25) is 0 Å². The maximum Gasteiger partial charge on any atom is 0.296 e. The minimum absolute atomic E-state index is 0.0146. The highest BCUT2D eigenvalue weighted by atomic mass is 19.1. The lowest BCUT2D eigenvalue weighted by Crippen LogP contribution is -2.30. The number of likely N-dealkylation sites (tertiary alicyclic amines) is 1. The van der Waals surface area contributed by atoms with E-state index in [-0.39, 0.29) is 23.2 Å². The Hall–Kier alpha value is -4.00. The lowest BCUT2D eigenvalue weighted by molar-refractivity contribution is -0.140. The molecule has 6 nitrogen and oxygen atoms in total. The van der Waals surface area contributed by atoms with E-state index in [1.165, 1.54) is 30.2 Å². The lowest BCUT2D eigenvalue weighted by atomic mass is 9.95. The van der Waals surface area contributed by atoms with Gasteiger partial charge in [0.25, 0.3) is 11.7 Å². The summed E-state index contributed by atoms with van der Waals surface area (Å²) in [6.07, 6.45) is 1.57. The van der Waals surface area contributed by atoms with Gasteiger partial charge in [0.1, 0.15) is 17.3 Å². The van der Waals surface area contributed by atoms with E-state index < -0.39 is 29.3 Å². The minimum atomic E-state index is -1.10. The van der Waals surface area contributed by atoms with Crippen LogP contribution in [0.5, 0.6) is 5.75 Å². The molecule has 1 atom stereocenters. The summed E-state index contributed by atoms with van der Waals surface area (Å²) in [6.45, 7) is -0.0146. The number of halogens is 1. The SMILES string of the molecule is COc1cccc(/C(O)=C2/C(=O)C(=O)N(Cc3ccccn3)C2c2ccccc2F)c1. The van der Waals surface area contributed by atoms with E-state index >= 15 is 0 Å². The molecule has 1 aliphatic heterocycles. The number of aliphatic hydroxyl groups is 1. The van der Waals surface area contributed by atoms with Gasteiger partial charge in [-0.2, -0.15) is 0 Å². The summed E-state index contributed by atoms with van der Waals surface area (Å²) in [7, 11) is 1.48. The number of carbonyl (C=O) groups excluding carboxylic acids is 2. The Morgan fingerprint density at radius 1 is 1.10 bits per heavy atom. The van der Waals surface area contributed by atoms with E-state index in [0.29, 0.717) is 11.4 Å². The van der Waals surface area contributed by atoms with Crippen LogP contribution >= 0.6 is 0 Å². The highest BCUT2D eigenvalue weighted by Crippen LogP contribution is 2.41. The van der Waals surface area contributed by atoms with E-state index in [1.54, 1.807) is 54.7 Å². The fraction of sp³-hybridized carbons (Fsp3) is 0.125. The number of rotatable bonds is 5. The average Bonchev–Trinajstić information content (AvgIpc) is 3.04. The number of aliphatic hydroxyl groups excluding tert-OH is 1. The molecule has 0 saturated carbocycles. The summed E-state index contributed by atoms with van der Waals surface area (Å²) in [5.41, 5.74) is 0.755. The molecule has 1 saturated heterocycles. The molecule has 1 aromatic heterocycles. The molecule has 1 unspecified atom stereocenters. The van der Waals surface area contributed by atoms with Crippen LogP contribution in [0.15, 0.2) is 78.5 Å². The van der Waals surface area contributed by atoms with Gasteiger partial charge in [0.15, 0.2) is 0 Å². The number of hydrogen-bond acceptors (Lipinski definition) is 5. The third-order valence-electron chi connectivity index (χ3n) is 5.14. The molecule has 31 heavy (non-hydrogen) atoms. The first-order valence-electron chi connectivity index (χ1n) is 9.58. The van der Waals surface area contributed by atoms with Crippen LogP contribution < -0.4 is 4.74 Å². The zero-order chi connectivity index (χ0) is 22.0. The van der Waals surface area contributed by atoms with Crippen molar-refractivity contribution in [2.24, 2.45) is 0 Å². The van der Waals surface area contributed by atoms with Gasteiger partial charge in [-0.15, -0.1) is 0 Å². The van der Waals surface area contributed by atoms with Crippen molar-refractivity contribution in [1.29, 1.82) is 0 Å². The number of methoxy groups -OCH3 is 1. The summed E-state index contributed by atoms with van der Waals surface area (Å²) < 4.78 is 20.0. The van der Waals surface area contributed by atoms with Gasteiger partial charge in [0.05, 0.1) is 31.0 Å². The molecule has 4 rings (SSSR count). The quantitative estimate of drug-likeness (QED) is 0.387. The molecule has 2 aromatic carbocycles. The van der Waals surface area contributed by atoms with Crippen molar-refractivity contribution in [1.82, 2.24) is 9.88 Å². The molecule has 0 bridgehead atoms. The average molecular weight is 418 g/mol. The van der Waals surface area contributed by atoms with Crippen LogP contribution in [0.3, 0.4) is 0 Å². The molecule has 0 radical (unpaired) electrons. The summed E-state index contributed by atoms with van der Waals surface area (Å²) in [6, 6.07) is 16.4. The maximum atomic E-state index is 14.8. The van der Waals surface area contributed by atoms with Crippen molar-refractivity contribution in [3.05, 3.63) is 101 Å². The molecule has 3 aromatic rings. The number of pyridine rings is 1. The number of benzene rings is 2. The zero-order valence-electron chi connectivity index (χ0n) is 16.7. The van der Waals surface area contributed by atoms with Crippen LogP contribution in [0.4, 0.5) is 4.39 Å². The topological polar surface area (TPSA) is 79.7 Å². The molecule has 1 fully saturated rings. The second-order valence-corrected chi connectivity index (χ2v) is 7.00. The van der Waals surface area contributed by atoms with Crippen LogP contribution in [-0.2, 0) is 16.1 Å². The third kappa shape index (κ3) is 3.77. The largest absolute Gasteiger partial charge is 0.507 e. The fourth-order valence-electron chi connectivity index (χ4n) is 3.66. The van der Waals surface area contributed by atoms with Gasteiger partial charge >= 0.3 is 0 Å². The zero-order valence-corrected chi connectivity index (χ0v) is 16.7. The Morgan fingerprint density at radius 3 is 2.58 bits per heavy atom. The number of amides is 1. The summed E-state index contributed by atoms with van der Waals surface area (Å²) >= 11 is 0. The minimum Gasteiger partial charge on any atom is -0.507 e. The highest BCUT2D eigenvalue weighted by Gasteiger charge is 2.47. The Balaban J connectivity index is 1.89. The number of Topliss-reactive ketones (excluding diaryl/α,β-unsaturated/α-hetero) is 1. The molecule has 7 heteroatoms. The number of ketones is 1. The van der Waals surface area contributed by atoms with Crippen molar-refractivity contribution in [2.45, 2.75) is 12.6 Å².